The maximum atomic E-state index is 10.1. The van der Waals surface area contributed by atoms with E-state index >= 15 is 0 Å². The Hall–Kier alpha value is -0.940. The third-order valence-electron chi connectivity index (χ3n) is 7.96. The minimum atomic E-state index is -0.680. The molecule has 30 heavy (non-hydrogen) atoms. The van der Waals surface area contributed by atoms with Gasteiger partial charge >= 0.3 is 0 Å². The molecule has 0 bridgehead atoms. The van der Waals surface area contributed by atoms with Gasteiger partial charge in [-0.25, -0.2) is 0 Å². The van der Waals surface area contributed by atoms with E-state index in [-0.39, 0.29) is 11.5 Å². The van der Waals surface area contributed by atoms with Crippen molar-refractivity contribution in [3.8, 4) is 0 Å². The fraction of sp³-hybridized carbons (Fsp3) is 0.769. The van der Waals surface area contributed by atoms with Gasteiger partial charge in [0, 0.05) is 13.0 Å². The van der Waals surface area contributed by atoms with Gasteiger partial charge in [-0.3, -0.25) is 0 Å². The molecule has 6 atom stereocenters. The van der Waals surface area contributed by atoms with Crippen molar-refractivity contribution in [3.63, 3.8) is 0 Å². The standard InChI is InChI=1S/C26H42O4/c1-17-20(15-21(27)16-24(17)28)9-8-19-7-6-12-26(5)22(10-11-23(19)26)18(2)30-14-13-25(3,4)29/h8-9,18,21-24,27-29H,1,6-7,10-16H2,2-5H3/b19-8+,20-9-/t18-,21-,22?,23+,24+,26-/m1/s1. The van der Waals surface area contributed by atoms with E-state index in [4.69, 9.17) is 4.74 Å². The quantitative estimate of drug-likeness (QED) is 0.585. The van der Waals surface area contributed by atoms with Crippen LogP contribution in [-0.2, 0) is 4.74 Å². The summed E-state index contributed by atoms with van der Waals surface area (Å²) in [5.74, 6) is 1.11. The van der Waals surface area contributed by atoms with Crippen LogP contribution in [0.5, 0.6) is 0 Å². The Morgan fingerprint density at radius 2 is 2.00 bits per heavy atom. The number of hydrogen-bond acceptors (Lipinski definition) is 4. The van der Waals surface area contributed by atoms with Gasteiger partial charge in [-0.15, -0.1) is 0 Å². The Morgan fingerprint density at radius 1 is 1.27 bits per heavy atom. The smallest absolute Gasteiger partial charge is 0.0811 e. The van der Waals surface area contributed by atoms with Gasteiger partial charge in [0.05, 0.1) is 23.9 Å². The average Bonchev–Trinajstić information content (AvgIpc) is 3.00. The van der Waals surface area contributed by atoms with E-state index in [1.807, 2.05) is 13.8 Å². The summed E-state index contributed by atoms with van der Waals surface area (Å²) in [4.78, 5) is 0. The van der Waals surface area contributed by atoms with Crippen LogP contribution in [0.15, 0.2) is 35.5 Å². The van der Waals surface area contributed by atoms with Gasteiger partial charge in [0.1, 0.15) is 0 Å². The van der Waals surface area contributed by atoms with Gasteiger partial charge in [0.25, 0.3) is 0 Å². The molecule has 0 aliphatic heterocycles. The van der Waals surface area contributed by atoms with Gasteiger partial charge in [-0.2, -0.15) is 0 Å². The minimum Gasteiger partial charge on any atom is -0.393 e. The van der Waals surface area contributed by atoms with Crippen LogP contribution in [0.1, 0.15) is 79.1 Å². The van der Waals surface area contributed by atoms with E-state index in [0.29, 0.717) is 37.7 Å². The molecule has 3 saturated carbocycles. The molecule has 0 spiro atoms. The van der Waals surface area contributed by atoms with Crippen LogP contribution in [0.4, 0.5) is 0 Å². The summed E-state index contributed by atoms with van der Waals surface area (Å²) in [5.41, 5.74) is 2.82. The number of aliphatic hydroxyl groups excluding tert-OH is 2. The van der Waals surface area contributed by atoms with Crippen molar-refractivity contribution in [1.29, 1.82) is 0 Å². The number of fused-ring (bicyclic) bond motifs is 1. The molecular formula is C26H42O4. The number of allylic oxidation sites excluding steroid dienone is 3. The summed E-state index contributed by atoms with van der Waals surface area (Å²) >= 11 is 0. The predicted molar refractivity (Wildman–Crippen MR) is 121 cm³/mol. The molecule has 3 N–H and O–H groups in total. The summed E-state index contributed by atoms with van der Waals surface area (Å²) in [6.45, 7) is 13.0. The maximum absolute atomic E-state index is 10.1. The van der Waals surface area contributed by atoms with Crippen LogP contribution in [0.2, 0.25) is 0 Å². The molecule has 0 radical (unpaired) electrons. The van der Waals surface area contributed by atoms with Crippen molar-refractivity contribution in [3.05, 3.63) is 35.5 Å². The van der Waals surface area contributed by atoms with Crippen molar-refractivity contribution >= 4 is 0 Å². The van der Waals surface area contributed by atoms with Crippen LogP contribution < -0.4 is 0 Å². The fourth-order valence-electron chi connectivity index (χ4n) is 6.13. The number of aliphatic hydroxyl groups is 3. The van der Waals surface area contributed by atoms with E-state index in [1.54, 1.807) is 0 Å². The highest BCUT2D eigenvalue weighted by molar-refractivity contribution is 5.38. The summed E-state index contributed by atoms with van der Waals surface area (Å²) in [5, 5.41) is 30.1. The Kier molecular flexibility index (Phi) is 7.33. The lowest BCUT2D eigenvalue weighted by molar-refractivity contribution is -0.0454. The highest BCUT2D eigenvalue weighted by Crippen LogP contribution is 2.58. The van der Waals surface area contributed by atoms with Crippen molar-refractivity contribution in [2.75, 3.05) is 6.61 Å². The van der Waals surface area contributed by atoms with Crippen molar-refractivity contribution in [1.82, 2.24) is 0 Å². The summed E-state index contributed by atoms with van der Waals surface area (Å²) in [7, 11) is 0. The zero-order valence-corrected chi connectivity index (χ0v) is 19.4. The first-order valence-corrected chi connectivity index (χ1v) is 11.8. The molecule has 0 saturated heterocycles. The van der Waals surface area contributed by atoms with Crippen molar-refractivity contribution in [2.45, 2.75) is 103 Å². The lowest BCUT2D eigenvalue weighted by atomic mass is 9.62. The van der Waals surface area contributed by atoms with Gasteiger partial charge < -0.3 is 20.1 Å². The van der Waals surface area contributed by atoms with E-state index in [1.165, 1.54) is 31.3 Å². The van der Waals surface area contributed by atoms with Crippen LogP contribution in [0, 0.1) is 17.3 Å². The molecule has 3 rings (SSSR count). The van der Waals surface area contributed by atoms with Crippen LogP contribution in [-0.4, -0.2) is 45.8 Å². The summed E-state index contributed by atoms with van der Waals surface area (Å²) in [6.07, 6.45) is 11.0. The first-order chi connectivity index (χ1) is 14.0. The molecule has 0 aromatic heterocycles. The molecular weight excluding hydrogens is 376 g/mol. The Morgan fingerprint density at radius 3 is 2.70 bits per heavy atom. The van der Waals surface area contributed by atoms with Crippen LogP contribution in [0.3, 0.4) is 0 Å². The second kappa shape index (κ2) is 9.28. The Labute approximate surface area is 182 Å². The Balaban J connectivity index is 1.70. The molecule has 3 fully saturated rings. The largest absolute Gasteiger partial charge is 0.393 e. The first kappa shape index (κ1) is 23.7. The first-order valence-electron chi connectivity index (χ1n) is 11.8. The average molecular weight is 419 g/mol. The topological polar surface area (TPSA) is 69.9 Å². The molecule has 0 aromatic rings. The SMILES string of the molecule is C=C1/C(=C\C=C2/CCC[C@]3(C)C([C@@H](C)OCCC(C)(C)O)CC[C@@H]23)C[C@@H](O)C[C@@H]1O. The minimum absolute atomic E-state index is 0.198. The van der Waals surface area contributed by atoms with Crippen molar-refractivity contribution < 1.29 is 20.1 Å². The highest BCUT2D eigenvalue weighted by atomic mass is 16.5. The van der Waals surface area contributed by atoms with Crippen molar-refractivity contribution in [2.24, 2.45) is 17.3 Å². The van der Waals surface area contributed by atoms with Gasteiger partial charge in [-0.05, 0) is 94.1 Å². The molecule has 0 amide bonds. The van der Waals surface area contributed by atoms with Gasteiger partial charge in [-0.1, -0.05) is 31.2 Å². The molecule has 1 unspecified atom stereocenters. The summed E-state index contributed by atoms with van der Waals surface area (Å²) < 4.78 is 6.19. The molecule has 4 heteroatoms. The van der Waals surface area contributed by atoms with E-state index in [9.17, 15) is 15.3 Å². The monoisotopic (exact) mass is 418 g/mol. The fourth-order valence-corrected chi connectivity index (χ4v) is 6.13. The zero-order valence-electron chi connectivity index (χ0n) is 19.4. The third kappa shape index (κ3) is 5.27. The maximum Gasteiger partial charge on any atom is 0.0811 e. The normalized spacial score (nSPS) is 38.8. The second-order valence-corrected chi connectivity index (χ2v) is 10.8. The molecule has 3 aliphatic rings. The predicted octanol–water partition coefficient (Wildman–Crippen LogP) is 4.69. The Bertz CT molecular complexity index is 686. The van der Waals surface area contributed by atoms with E-state index < -0.39 is 17.8 Å². The second-order valence-electron chi connectivity index (χ2n) is 10.8. The molecule has 0 heterocycles. The van der Waals surface area contributed by atoms with Gasteiger partial charge in [0.15, 0.2) is 0 Å². The lowest BCUT2D eigenvalue weighted by Gasteiger charge is -2.44. The molecule has 3 aliphatic carbocycles. The lowest BCUT2D eigenvalue weighted by Crippen LogP contribution is -2.39. The van der Waals surface area contributed by atoms with E-state index in [2.05, 4.69) is 32.6 Å². The zero-order chi connectivity index (χ0) is 22.1. The molecule has 0 aromatic carbocycles. The highest BCUT2D eigenvalue weighted by Gasteiger charge is 2.51. The number of rotatable bonds is 6. The van der Waals surface area contributed by atoms with Gasteiger partial charge in [0.2, 0.25) is 0 Å². The van der Waals surface area contributed by atoms with Crippen LogP contribution >= 0.6 is 0 Å². The molecule has 4 nitrogen and oxygen atoms in total. The third-order valence-corrected chi connectivity index (χ3v) is 7.96. The summed E-state index contributed by atoms with van der Waals surface area (Å²) in [6, 6.07) is 0. The van der Waals surface area contributed by atoms with Crippen LogP contribution in [0.25, 0.3) is 0 Å². The number of hydrogen-bond donors (Lipinski definition) is 3. The molecule has 170 valence electrons. The van der Waals surface area contributed by atoms with E-state index in [0.717, 1.165) is 17.6 Å². The number of ether oxygens (including phenoxy) is 1.